The molecule has 2 aromatic carbocycles. The molecule has 0 saturated heterocycles. The molecule has 1 unspecified atom stereocenters. The first-order valence-electron chi connectivity index (χ1n) is 5.93. The number of carboxylic acid groups (broad SMARTS) is 1. The molecule has 0 aliphatic heterocycles. The highest BCUT2D eigenvalue weighted by Crippen LogP contribution is 2.25. The van der Waals surface area contributed by atoms with Crippen LogP contribution in [0.5, 0.6) is 5.75 Å². The van der Waals surface area contributed by atoms with Gasteiger partial charge in [0.05, 0.1) is 11.6 Å². The minimum absolute atomic E-state index is 0.00957. The van der Waals surface area contributed by atoms with Gasteiger partial charge in [-0.05, 0) is 29.7 Å². The van der Waals surface area contributed by atoms with Crippen LogP contribution in [0.1, 0.15) is 17.0 Å². The number of anilines is 1. The minimum Gasteiger partial charge on any atom is -0.506 e. The van der Waals surface area contributed by atoms with Crippen LogP contribution in [0.25, 0.3) is 0 Å². The van der Waals surface area contributed by atoms with Crippen molar-refractivity contribution in [3.63, 3.8) is 0 Å². The summed E-state index contributed by atoms with van der Waals surface area (Å²) >= 11 is 0. The zero-order chi connectivity index (χ0) is 13.8. The van der Waals surface area contributed by atoms with Gasteiger partial charge in [-0.25, -0.2) is 0 Å². The van der Waals surface area contributed by atoms with Gasteiger partial charge in [0.1, 0.15) is 5.75 Å². The number of aromatic hydroxyl groups is 1. The summed E-state index contributed by atoms with van der Waals surface area (Å²) in [6, 6.07) is 13.8. The molecule has 0 saturated carbocycles. The number of aliphatic carboxylic acids is 1. The van der Waals surface area contributed by atoms with Crippen molar-refractivity contribution >= 4 is 11.7 Å². The Hall–Kier alpha value is -2.49. The van der Waals surface area contributed by atoms with Crippen LogP contribution in [0, 0.1) is 0 Å². The molecule has 2 aromatic rings. The Morgan fingerprint density at radius 1 is 1.16 bits per heavy atom. The van der Waals surface area contributed by atoms with E-state index < -0.39 is 11.9 Å². The predicted molar refractivity (Wildman–Crippen MR) is 73.0 cm³/mol. The second kappa shape index (κ2) is 5.44. The number of nitrogen functional groups attached to an aromatic ring is 1. The average Bonchev–Trinajstić information content (AvgIpc) is 2.40. The van der Waals surface area contributed by atoms with Crippen molar-refractivity contribution in [2.75, 3.05) is 5.73 Å². The van der Waals surface area contributed by atoms with Crippen molar-refractivity contribution in [2.45, 2.75) is 12.3 Å². The first-order valence-corrected chi connectivity index (χ1v) is 5.93. The maximum absolute atomic E-state index is 11.4. The van der Waals surface area contributed by atoms with Gasteiger partial charge in [0.25, 0.3) is 0 Å². The van der Waals surface area contributed by atoms with Crippen molar-refractivity contribution < 1.29 is 15.0 Å². The lowest BCUT2D eigenvalue weighted by atomic mass is 9.92. The lowest BCUT2D eigenvalue weighted by Gasteiger charge is -2.13. The van der Waals surface area contributed by atoms with E-state index in [0.717, 1.165) is 11.1 Å². The molecule has 0 amide bonds. The molecule has 1 atom stereocenters. The van der Waals surface area contributed by atoms with E-state index in [0.29, 0.717) is 6.42 Å². The Morgan fingerprint density at radius 2 is 1.84 bits per heavy atom. The second-order valence-electron chi connectivity index (χ2n) is 4.40. The number of phenols is 1. The molecule has 0 spiro atoms. The van der Waals surface area contributed by atoms with Crippen molar-refractivity contribution in [3.05, 3.63) is 59.7 Å². The van der Waals surface area contributed by atoms with Gasteiger partial charge in [-0.2, -0.15) is 0 Å². The molecule has 0 aliphatic rings. The summed E-state index contributed by atoms with van der Waals surface area (Å²) in [5, 5.41) is 18.7. The molecular formula is C15H15NO3. The number of nitrogens with two attached hydrogens (primary N) is 1. The van der Waals surface area contributed by atoms with Crippen molar-refractivity contribution in [1.29, 1.82) is 0 Å². The summed E-state index contributed by atoms with van der Waals surface area (Å²) in [6.45, 7) is 0. The van der Waals surface area contributed by atoms with E-state index in [1.54, 1.807) is 24.3 Å². The highest BCUT2D eigenvalue weighted by atomic mass is 16.4. The predicted octanol–water partition coefficient (Wildman–Crippen LogP) is 2.39. The molecular weight excluding hydrogens is 242 g/mol. The monoisotopic (exact) mass is 257 g/mol. The number of hydrogen-bond acceptors (Lipinski definition) is 3. The first-order chi connectivity index (χ1) is 9.08. The van der Waals surface area contributed by atoms with Gasteiger partial charge in [-0.1, -0.05) is 36.4 Å². The smallest absolute Gasteiger partial charge is 0.311 e. The second-order valence-corrected chi connectivity index (χ2v) is 4.40. The number of phenolic OH excluding ortho intramolecular Hbond substituents is 1. The van der Waals surface area contributed by atoms with Gasteiger partial charge in [-0.3, -0.25) is 4.79 Å². The molecule has 4 heteroatoms. The van der Waals surface area contributed by atoms with E-state index in [4.69, 9.17) is 5.73 Å². The summed E-state index contributed by atoms with van der Waals surface area (Å²) in [6.07, 6.45) is 0.337. The van der Waals surface area contributed by atoms with Crippen LogP contribution in [0.15, 0.2) is 48.5 Å². The quantitative estimate of drug-likeness (QED) is 0.580. The average molecular weight is 257 g/mol. The van der Waals surface area contributed by atoms with E-state index in [9.17, 15) is 15.0 Å². The van der Waals surface area contributed by atoms with E-state index in [1.165, 1.54) is 6.07 Å². The zero-order valence-electron chi connectivity index (χ0n) is 10.3. The summed E-state index contributed by atoms with van der Waals surface area (Å²) in [5.41, 5.74) is 7.41. The molecule has 0 heterocycles. The van der Waals surface area contributed by atoms with E-state index in [2.05, 4.69) is 0 Å². The maximum atomic E-state index is 11.4. The molecule has 4 N–H and O–H groups in total. The molecule has 2 rings (SSSR count). The topological polar surface area (TPSA) is 83.6 Å². The van der Waals surface area contributed by atoms with Gasteiger partial charge in [-0.15, -0.1) is 0 Å². The highest BCUT2D eigenvalue weighted by Gasteiger charge is 2.20. The first kappa shape index (κ1) is 13.0. The van der Waals surface area contributed by atoms with Crippen molar-refractivity contribution in [1.82, 2.24) is 0 Å². The fraction of sp³-hybridized carbons (Fsp3) is 0.133. The molecule has 0 aromatic heterocycles. The van der Waals surface area contributed by atoms with Gasteiger partial charge in [0.2, 0.25) is 0 Å². The Bertz CT molecular complexity index is 581. The fourth-order valence-corrected chi connectivity index (χ4v) is 2.00. The van der Waals surface area contributed by atoms with Crippen LogP contribution in [-0.2, 0) is 11.2 Å². The van der Waals surface area contributed by atoms with E-state index in [-0.39, 0.29) is 11.4 Å². The Balaban J connectivity index is 2.27. The molecule has 19 heavy (non-hydrogen) atoms. The van der Waals surface area contributed by atoms with E-state index in [1.807, 2.05) is 18.2 Å². The third-order valence-corrected chi connectivity index (χ3v) is 3.03. The zero-order valence-corrected chi connectivity index (χ0v) is 10.3. The molecule has 0 bridgehead atoms. The van der Waals surface area contributed by atoms with Crippen LogP contribution >= 0.6 is 0 Å². The number of rotatable bonds is 4. The fourth-order valence-electron chi connectivity index (χ4n) is 2.00. The molecule has 98 valence electrons. The molecule has 4 nitrogen and oxygen atoms in total. The summed E-state index contributed by atoms with van der Waals surface area (Å²) in [5.74, 6) is -1.49. The Morgan fingerprint density at radius 3 is 2.42 bits per heavy atom. The normalized spacial score (nSPS) is 12.0. The van der Waals surface area contributed by atoms with Crippen LogP contribution in [0.2, 0.25) is 0 Å². The van der Waals surface area contributed by atoms with E-state index >= 15 is 0 Å². The van der Waals surface area contributed by atoms with Gasteiger partial charge in [0, 0.05) is 0 Å². The molecule has 0 aliphatic carbocycles. The number of carboxylic acids is 1. The standard InChI is InChI=1S/C15H15NO3/c16-13-9-10(6-7-14(13)17)8-12(15(18)19)11-4-2-1-3-5-11/h1-7,9,12,17H,8,16H2,(H,18,19). The highest BCUT2D eigenvalue weighted by molar-refractivity contribution is 5.76. The largest absolute Gasteiger partial charge is 0.506 e. The molecule has 0 radical (unpaired) electrons. The lowest BCUT2D eigenvalue weighted by molar-refractivity contribution is -0.138. The van der Waals surface area contributed by atoms with Crippen LogP contribution in [0.4, 0.5) is 5.69 Å². The van der Waals surface area contributed by atoms with Gasteiger partial charge < -0.3 is 15.9 Å². The number of carbonyl (C=O) groups is 1. The van der Waals surface area contributed by atoms with Gasteiger partial charge in [0.15, 0.2) is 0 Å². The van der Waals surface area contributed by atoms with Gasteiger partial charge >= 0.3 is 5.97 Å². The van der Waals surface area contributed by atoms with Crippen molar-refractivity contribution in [3.8, 4) is 5.75 Å². The number of benzene rings is 2. The Labute approximate surface area is 111 Å². The Kier molecular flexibility index (Phi) is 3.71. The third-order valence-electron chi connectivity index (χ3n) is 3.03. The molecule has 0 fully saturated rings. The maximum Gasteiger partial charge on any atom is 0.311 e. The van der Waals surface area contributed by atoms with Crippen LogP contribution in [-0.4, -0.2) is 16.2 Å². The van der Waals surface area contributed by atoms with Crippen LogP contribution in [0.3, 0.4) is 0 Å². The van der Waals surface area contributed by atoms with Crippen LogP contribution < -0.4 is 5.73 Å². The van der Waals surface area contributed by atoms with Crippen molar-refractivity contribution in [2.24, 2.45) is 0 Å². The SMILES string of the molecule is Nc1cc(CC(C(=O)O)c2ccccc2)ccc1O. The third kappa shape index (κ3) is 3.04. The summed E-state index contributed by atoms with van der Waals surface area (Å²) in [4.78, 5) is 11.4. The lowest BCUT2D eigenvalue weighted by Crippen LogP contribution is -2.14. The summed E-state index contributed by atoms with van der Waals surface area (Å²) < 4.78 is 0. The minimum atomic E-state index is -0.877. The summed E-state index contributed by atoms with van der Waals surface area (Å²) in [7, 11) is 0. The number of hydrogen-bond donors (Lipinski definition) is 3.